The molecule has 0 saturated heterocycles. The fourth-order valence-electron chi connectivity index (χ4n) is 6.84. The fourth-order valence-corrected chi connectivity index (χ4v) is 7.80. The molecule has 2 aliphatic rings. The number of hydrogen-bond donors (Lipinski definition) is 4. The van der Waals surface area contributed by atoms with Crippen LogP contribution >= 0.6 is 0 Å². The van der Waals surface area contributed by atoms with Crippen molar-refractivity contribution in [1.29, 1.82) is 0 Å². The lowest BCUT2D eigenvalue weighted by Gasteiger charge is -2.32. The van der Waals surface area contributed by atoms with Crippen LogP contribution < -0.4 is 10.6 Å². The van der Waals surface area contributed by atoms with Crippen molar-refractivity contribution in [2.75, 3.05) is 26.2 Å². The van der Waals surface area contributed by atoms with E-state index in [4.69, 9.17) is 9.11 Å². The van der Waals surface area contributed by atoms with Crippen LogP contribution in [-0.4, -0.2) is 85.5 Å². The van der Waals surface area contributed by atoms with Gasteiger partial charge in [0.15, 0.2) is 0 Å². The minimum absolute atomic E-state index is 0.0666. The van der Waals surface area contributed by atoms with Crippen LogP contribution in [0.2, 0.25) is 0 Å². The second-order valence-corrected chi connectivity index (χ2v) is 17.3. The number of carbonyl (C=O) groups is 4. The maximum atomic E-state index is 13.4. The maximum Gasteiger partial charge on any atom is 0.294 e. The van der Waals surface area contributed by atoms with Gasteiger partial charge in [0.1, 0.15) is 0 Å². The number of nitrogens with zero attached hydrogens (tertiary/aromatic N) is 2. The average molecular weight is 877 g/mol. The topological polar surface area (TPSA) is 208 Å². The summed E-state index contributed by atoms with van der Waals surface area (Å²) in [5.41, 5.74) is 5.45. The van der Waals surface area contributed by atoms with E-state index in [1.807, 2.05) is 74.5 Å². The number of hydrogen-bond acceptors (Lipinski definition) is 10. The van der Waals surface area contributed by atoms with E-state index < -0.39 is 43.9 Å². The molecule has 2 heterocycles. The summed E-state index contributed by atoms with van der Waals surface area (Å²) in [6, 6.07) is 38.1. The molecule has 62 heavy (non-hydrogen) atoms. The molecule has 4 amide bonds. The van der Waals surface area contributed by atoms with Crippen molar-refractivity contribution in [1.82, 2.24) is 20.4 Å². The van der Waals surface area contributed by atoms with Crippen molar-refractivity contribution in [3.05, 3.63) is 178 Å². The molecule has 0 fully saturated rings. The molecule has 14 nitrogen and oxygen atoms in total. The van der Waals surface area contributed by atoms with Gasteiger partial charge in [-0.15, -0.1) is 0 Å². The van der Waals surface area contributed by atoms with Crippen LogP contribution in [0.3, 0.4) is 0 Å². The molecular weight excluding hydrogens is 833 g/mol. The van der Waals surface area contributed by atoms with Gasteiger partial charge in [0.25, 0.3) is 43.9 Å². The zero-order valence-corrected chi connectivity index (χ0v) is 35.4. The lowest BCUT2D eigenvalue weighted by molar-refractivity contribution is 0.0590. The molecule has 0 saturated carbocycles. The molecule has 8 rings (SSSR count). The zero-order chi connectivity index (χ0) is 44.6. The van der Waals surface area contributed by atoms with Gasteiger partial charge in [0, 0.05) is 72.3 Å². The third-order valence-electron chi connectivity index (χ3n) is 10.1. The summed E-state index contributed by atoms with van der Waals surface area (Å²) in [4.78, 5) is 56.0. The van der Waals surface area contributed by atoms with E-state index in [0.717, 1.165) is 22.3 Å². The summed E-state index contributed by atoms with van der Waals surface area (Å²) >= 11 is 0. The molecule has 0 bridgehead atoms. The molecule has 4 N–H and O–H groups in total. The Morgan fingerprint density at radius 1 is 0.435 bits per heavy atom. The number of rotatable bonds is 12. The zero-order valence-electron chi connectivity index (χ0n) is 33.8. The lowest BCUT2D eigenvalue weighted by Crippen LogP contribution is -2.46. The van der Waals surface area contributed by atoms with Gasteiger partial charge >= 0.3 is 0 Å². The predicted octanol–water partition coefficient (Wildman–Crippen LogP) is 6.09. The largest absolute Gasteiger partial charge is 0.311 e. The molecule has 0 spiro atoms. The van der Waals surface area contributed by atoms with Crippen LogP contribution in [0.1, 0.15) is 63.7 Å². The van der Waals surface area contributed by atoms with Gasteiger partial charge in [-0.05, 0) is 73.5 Å². The number of imide groups is 2. The third-order valence-corrected chi connectivity index (χ3v) is 11.8. The molecule has 6 aromatic carbocycles. The van der Waals surface area contributed by atoms with Crippen molar-refractivity contribution in [3.8, 4) is 0 Å². The van der Waals surface area contributed by atoms with Crippen LogP contribution in [0.15, 0.2) is 143 Å². The van der Waals surface area contributed by atoms with E-state index in [2.05, 4.69) is 10.6 Å². The second kappa shape index (κ2) is 19.5. The first-order valence-corrected chi connectivity index (χ1v) is 22.3. The first kappa shape index (κ1) is 45.1. The lowest BCUT2D eigenvalue weighted by atomic mass is 9.86. The molecule has 6 aromatic rings. The number of nitrogens with one attached hydrogen (secondary N) is 2. The Kier molecular flexibility index (Phi) is 14.2. The van der Waals surface area contributed by atoms with E-state index in [1.54, 1.807) is 48.5 Å². The van der Waals surface area contributed by atoms with Gasteiger partial charge in [-0.2, -0.15) is 16.8 Å². The molecule has 0 aromatic heterocycles. The van der Waals surface area contributed by atoms with E-state index in [1.165, 1.54) is 34.1 Å². The molecule has 2 aliphatic heterocycles. The molecular formula is C46H44N4O10S2. The van der Waals surface area contributed by atoms with E-state index in [-0.39, 0.29) is 22.9 Å². The molecule has 0 radical (unpaired) electrons. The van der Waals surface area contributed by atoms with Gasteiger partial charge in [-0.25, -0.2) is 0 Å². The summed E-state index contributed by atoms with van der Waals surface area (Å²) in [6.45, 7) is 6.21. The van der Waals surface area contributed by atoms with Gasteiger partial charge in [0.05, 0.1) is 9.79 Å². The first-order chi connectivity index (χ1) is 29.5. The minimum Gasteiger partial charge on any atom is -0.311 e. The molecule has 0 aliphatic carbocycles. The maximum absolute atomic E-state index is 13.4. The van der Waals surface area contributed by atoms with Gasteiger partial charge < -0.3 is 10.6 Å². The fraction of sp³-hybridized carbons (Fsp3) is 0.174. The highest BCUT2D eigenvalue weighted by molar-refractivity contribution is 7.86. The Morgan fingerprint density at radius 2 is 0.726 bits per heavy atom. The summed E-state index contributed by atoms with van der Waals surface area (Å²) in [6.07, 6.45) is 0. The van der Waals surface area contributed by atoms with Crippen molar-refractivity contribution in [2.45, 2.75) is 36.7 Å². The highest BCUT2D eigenvalue weighted by atomic mass is 32.2. The SMILES string of the molecule is Cc1ccc(S(=O)(=O)O)cc1.Cc1ccc(S(=O)(=O)O)cc1.O=C1c2ccc3c4c(ccc(c24)C(=O)N1CCNCc1ccccc1)C(=O)N(CCNCc1ccccc1)C3=O. The van der Waals surface area contributed by atoms with E-state index in [9.17, 15) is 36.0 Å². The monoisotopic (exact) mass is 876 g/mol. The smallest absolute Gasteiger partial charge is 0.294 e. The molecule has 0 unspecified atom stereocenters. The predicted molar refractivity (Wildman–Crippen MR) is 233 cm³/mol. The third kappa shape index (κ3) is 10.7. The standard InChI is InChI=1S/C32H28N4O4.2C7H8O3S/c37-29-23-11-13-25-28-26(32(40)36(31(25)39)18-16-34-20-22-9-5-2-6-10-22)14-12-24(27(23)28)30(38)35(29)17-15-33-19-21-7-3-1-4-8-21;2*1-6-2-4-7(5-3-6)11(8,9)10/h1-14,33-34H,15-20H2;2*2-5H,1H3,(H,8,9,10). The van der Waals surface area contributed by atoms with Gasteiger partial charge in [0.2, 0.25) is 0 Å². The van der Waals surface area contributed by atoms with Crippen LogP contribution in [0.4, 0.5) is 0 Å². The van der Waals surface area contributed by atoms with Gasteiger partial charge in [-0.3, -0.25) is 38.1 Å². The van der Waals surface area contributed by atoms with E-state index in [0.29, 0.717) is 59.2 Å². The van der Waals surface area contributed by atoms with Crippen LogP contribution in [0.5, 0.6) is 0 Å². The Bertz CT molecular complexity index is 2570. The van der Waals surface area contributed by atoms with Crippen LogP contribution in [0.25, 0.3) is 10.8 Å². The van der Waals surface area contributed by atoms with Crippen molar-refractivity contribution >= 4 is 54.6 Å². The summed E-state index contributed by atoms with van der Waals surface area (Å²) in [7, 11) is -8.04. The Balaban J connectivity index is 0.000000237. The van der Waals surface area contributed by atoms with Crippen molar-refractivity contribution in [2.24, 2.45) is 0 Å². The highest BCUT2D eigenvalue weighted by Crippen LogP contribution is 2.37. The molecule has 0 atom stereocenters. The summed E-state index contributed by atoms with van der Waals surface area (Å²) in [5, 5.41) is 7.33. The number of carbonyl (C=O) groups excluding carboxylic acids is 4. The first-order valence-electron chi connectivity index (χ1n) is 19.4. The normalized spacial score (nSPS) is 13.4. The van der Waals surface area contributed by atoms with E-state index >= 15 is 0 Å². The van der Waals surface area contributed by atoms with Crippen molar-refractivity contribution < 1.29 is 45.1 Å². The molecule has 320 valence electrons. The highest BCUT2D eigenvalue weighted by Gasteiger charge is 2.39. The van der Waals surface area contributed by atoms with Crippen molar-refractivity contribution in [3.63, 3.8) is 0 Å². The van der Waals surface area contributed by atoms with Gasteiger partial charge in [-0.1, -0.05) is 96.1 Å². The summed E-state index contributed by atoms with van der Waals surface area (Å²) < 4.78 is 59.1. The Labute approximate surface area is 359 Å². The minimum atomic E-state index is -4.02. The Morgan fingerprint density at radius 3 is 1.00 bits per heavy atom. The quantitative estimate of drug-likeness (QED) is 0.0626. The molecule has 16 heteroatoms. The van der Waals surface area contributed by atoms with Crippen LogP contribution in [-0.2, 0) is 33.3 Å². The average Bonchev–Trinajstić information content (AvgIpc) is 3.25. The van der Waals surface area contributed by atoms with Crippen LogP contribution in [0, 0.1) is 13.8 Å². The number of amides is 4. The summed E-state index contributed by atoms with van der Waals surface area (Å²) in [5.74, 6) is -1.68. The second-order valence-electron chi connectivity index (χ2n) is 14.5. The number of benzene rings is 6. The number of aryl methyl sites for hydroxylation is 2. The Hall–Kier alpha value is -6.40.